The highest BCUT2D eigenvalue weighted by molar-refractivity contribution is 5.96. The average molecular weight is 247 g/mol. The minimum atomic E-state index is -0.128. The number of rotatable bonds is 3. The van der Waals surface area contributed by atoms with Crippen LogP contribution in [0.2, 0.25) is 0 Å². The maximum Gasteiger partial charge on any atom is 0.119 e. The van der Waals surface area contributed by atoms with Crippen LogP contribution in [0.4, 0.5) is 0 Å². The van der Waals surface area contributed by atoms with E-state index in [1.807, 2.05) is 6.07 Å². The number of oxime groups is 1. The van der Waals surface area contributed by atoms with E-state index < -0.39 is 0 Å². The molecule has 2 rings (SSSR count). The maximum atomic E-state index is 9.30. The standard InChI is InChI=1S/C15H21NO2/c1-4-15(5-2)13-10-12(18-3)8-6-11(13)7-9-14(15)16-17/h6,8,10,17H,4-5,7,9H2,1-3H3. The third kappa shape index (κ3) is 1.78. The Labute approximate surface area is 108 Å². The topological polar surface area (TPSA) is 41.8 Å². The van der Waals surface area contributed by atoms with Crippen LogP contribution in [0.25, 0.3) is 0 Å². The van der Waals surface area contributed by atoms with Gasteiger partial charge in [-0.1, -0.05) is 25.1 Å². The van der Waals surface area contributed by atoms with Crippen LogP contribution in [0, 0.1) is 0 Å². The summed E-state index contributed by atoms with van der Waals surface area (Å²) < 4.78 is 5.33. The molecular weight excluding hydrogens is 226 g/mol. The van der Waals surface area contributed by atoms with Gasteiger partial charge in [0.05, 0.1) is 12.8 Å². The van der Waals surface area contributed by atoms with E-state index in [-0.39, 0.29) is 5.41 Å². The first-order chi connectivity index (χ1) is 8.71. The molecule has 1 aliphatic carbocycles. The Balaban J connectivity index is 2.62. The lowest BCUT2D eigenvalue weighted by Crippen LogP contribution is -2.39. The minimum absolute atomic E-state index is 0.128. The van der Waals surface area contributed by atoms with Gasteiger partial charge in [0.1, 0.15) is 5.75 Å². The van der Waals surface area contributed by atoms with E-state index in [1.54, 1.807) is 7.11 Å². The molecule has 0 unspecified atom stereocenters. The maximum absolute atomic E-state index is 9.30. The number of hydrogen-bond acceptors (Lipinski definition) is 3. The average Bonchev–Trinajstić information content (AvgIpc) is 2.45. The van der Waals surface area contributed by atoms with Crippen LogP contribution in [-0.4, -0.2) is 18.0 Å². The monoisotopic (exact) mass is 247 g/mol. The number of ether oxygens (including phenoxy) is 1. The molecule has 1 N–H and O–H groups in total. The predicted octanol–water partition coefficient (Wildman–Crippen LogP) is 3.53. The third-order valence-electron chi connectivity index (χ3n) is 4.34. The summed E-state index contributed by atoms with van der Waals surface area (Å²) in [6, 6.07) is 6.26. The molecule has 1 aromatic rings. The summed E-state index contributed by atoms with van der Waals surface area (Å²) in [5.41, 5.74) is 3.41. The molecule has 0 saturated carbocycles. The summed E-state index contributed by atoms with van der Waals surface area (Å²) in [4.78, 5) is 0. The number of benzene rings is 1. The lowest BCUT2D eigenvalue weighted by Gasteiger charge is -2.38. The fourth-order valence-corrected chi connectivity index (χ4v) is 3.18. The highest BCUT2D eigenvalue weighted by Gasteiger charge is 2.39. The van der Waals surface area contributed by atoms with Crippen LogP contribution in [0.3, 0.4) is 0 Å². The normalized spacial score (nSPS) is 19.6. The van der Waals surface area contributed by atoms with Crippen molar-refractivity contribution in [3.63, 3.8) is 0 Å². The predicted molar refractivity (Wildman–Crippen MR) is 72.8 cm³/mol. The zero-order chi connectivity index (χ0) is 13.2. The Hall–Kier alpha value is -1.51. The van der Waals surface area contributed by atoms with Crippen LogP contribution in [0.5, 0.6) is 5.75 Å². The third-order valence-corrected chi connectivity index (χ3v) is 4.34. The van der Waals surface area contributed by atoms with Crippen molar-refractivity contribution >= 4 is 5.71 Å². The fourth-order valence-electron chi connectivity index (χ4n) is 3.18. The lowest BCUT2D eigenvalue weighted by molar-refractivity contribution is 0.307. The number of nitrogens with zero attached hydrogens (tertiary/aromatic N) is 1. The molecule has 1 aliphatic rings. The quantitative estimate of drug-likeness (QED) is 0.655. The molecule has 0 amide bonds. The van der Waals surface area contributed by atoms with Gasteiger partial charge in [0.15, 0.2) is 0 Å². The van der Waals surface area contributed by atoms with Gasteiger partial charge in [-0.3, -0.25) is 0 Å². The molecule has 0 heterocycles. The van der Waals surface area contributed by atoms with Crippen molar-refractivity contribution in [2.75, 3.05) is 7.11 Å². The lowest BCUT2D eigenvalue weighted by atomic mass is 9.65. The smallest absolute Gasteiger partial charge is 0.119 e. The van der Waals surface area contributed by atoms with Gasteiger partial charge in [-0.2, -0.15) is 0 Å². The Bertz CT molecular complexity index is 462. The molecule has 0 bridgehead atoms. The molecule has 0 fully saturated rings. The number of hydrogen-bond donors (Lipinski definition) is 1. The minimum Gasteiger partial charge on any atom is -0.497 e. The zero-order valence-corrected chi connectivity index (χ0v) is 11.4. The van der Waals surface area contributed by atoms with Gasteiger partial charge >= 0.3 is 0 Å². The molecule has 0 radical (unpaired) electrons. The summed E-state index contributed by atoms with van der Waals surface area (Å²) in [6.07, 6.45) is 3.68. The zero-order valence-electron chi connectivity index (χ0n) is 11.4. The Morgan fingerprint density at radius 3 is 2.56 bits per heavy atom. The first-order valence-corrected chi connectivity index (χ1v) is 6.60. The van der Waals surface area contributed by atoms with Crippen LogP contribution in [0.1, 0.15) is 44.2 Å². The van der Waals surface area contributed by atoms with E-state index in [0.29, 0.717) is 0 Å². The SMILES string of the molecule is CCC1(CC)C(=NO)CCc2ccc(OC)cc21. The highest BCUT2D eigenvalue weighted by atomic mass is 16.5. The summed E-state index contributed by atoms with van der Waals surface area (Å²) in [7, 11) is 1.69. The van der Waals surface area contributed by atoms with Crippen molar-refractivity contribution in [1.82, 2.24) is 0 Å². The number of fused-ring (bicyclic) bond motifs is 1. The van der Waals surface area contributed by atoms with Gasteiger partial charge in [0.2, 0.25) is 0 Å². The number of methoxy groups -OCH3 is 1. The van der Waals surface area contributed by atoms with Crippen LogP contribution < -0.4 is 4.74 Å². The molecule has 0 aromatic heterocycles. The van der Waals surface area contributed by atoms with Gasteiger partial charge in [-0.25, -0.2) is 0 Å². The molecule has 18 heavy (non-hydrogen) atoms. The van der Waals surface area contributed by atoms with Crippen molar-refractivity contribution in [3.8, 4) is 5.75 Å². The van der Waals surface area contributed by atoms with E-state index >= 15 is 0 Å². The summed E-state index contributed by atoms with van der Waals surface area (Å²) in [5, 5.41) is 12.9. The highest BCUT2D eigenvalue weighted by Crippen LogP contribution is 2.42. The van der Waals surface area contributed by atoms with E-state index in [1.165, 1.54) is 11.1 Å². The largest absolute Gasteiger partial charge is 0.497 e. The van der Waals surface area contributed by atoms with Gasteiger partial charge in [0.25, 0.3) is 0 Å². The van der Waals surface area contributed by atoms with Crippen molar-refractivity contribution in [2.45, 2.75) is 44.9 Å². The Morgan fingerprint density at radius 1 is 1.28 bits per heavy atom. The first-order valence-electron chi connectivity index (χ1n) is 6.60. The fraction of sp³-hybridized carbons (Fsp3) is 0.533. The Kier molecular flexibility index (Phi) is 3.60. The van der Waals surface area contributed by atoms with Gasteiger partial charge < -0.3 is 9.94 Å². The number of aryl methyl sites for hydroxylation is 1. The Morgan fingerprint density at radius 2 is 2.00 bits per heavy atom. The molecule has 0 aliphatic heterocycles. The molecule has 3 heteroatoms. The van der Waals surface area contributed by atoms with Crippen LogP contribution in [0.15, 0.2) is 23.4 Å². The summed E-state index contributed by atoms with van der Waals surface area (Å²) in [5.74, 6) is 0.874. The molecule has 0 atom stereocenters. The van der Waals surface area contributed by atoms with E-state index in [4.69, 9.17) is 4.74 Å². The molecule has 98 valence electrons. The second-order valence-electron chi connectivity index (χ2n) is 4.86. The van der Waals surface area contributed by atoms with Crippen LogP contribution >= 0.6 is 0 Å². The van der Waals surface area contributed by atoms with E-state index in [0.717, 1.165) is 37.1 Å². The molecular formula is C15H21NO2. The van der Waals surface area contributed by atoms with E-state index in [2.05, 4.69) is 31.1 Å². The van der Waals surface area contributed by atoms with Crippen molar-refractivity contribution in [1.29, 1.82) is 0 Å². The molecule has 3 nitrogen and oxygen atoms in total. The summed E-state index contributed by atoms with van der Waals surface area (Å²) >= 11 is 0. The molecule has 1 aromatic carbocycles. The van der Waals surface area contributed by atoms with Crippen molar-refractivity contribution < 1.29 is 9.94 Å². The molecule has 0 spiro atoms. The van der Waals surface area contributed by atoms with Gasteiger partial charge in [-0.05, 0) is 48.9 Å². The second-order valence-corrected chi connectivity index (χ2v) is 4.86. The second kappa shape index (κ2) is 5.01. The first kappa shape index (κ1) is 12.9. The van der Waals surface area contributed by atoms with Crippen molar-refractivity contribution in [2.24, 2.45) is 5.16 Å². The van der Waals surface area contributed by atoms with Gasteiger partial charge in [0, 0.05) is 5.41 Å². The van der Waals surface area contributed by atoms with Crippen LogP contribution in [-0.2, 0) is 11.8 Å². The van der Waals surface area contributed by atoms with Gasteiger partial charge in [-0.15, -0.1) is 0 Å². The van der Waals surface area contributed by atoms with Crippen molar-refractivity contribution in [3.05, 3.63) is 29.3 Å². The molecule has 0 saturated heterocycles. The summed E-state index contributed by atoms with van der Waals surface area (Å²) in [6.45, 7) is 4.31. The van der Waals surface area contributed by atoms with E-state index in [9.17, 15) is 5.21 Å².